The summed E-state index contributed by atoms with van der Waals surface area (Å²) in [5, 5.41) is 4.61. The molecule has 0 atom stereocenters. The van der Waals surface area contributed by atoms with Crippen LogP contribution in [0.4, 0.5) is 5.13 Å². The van der Waals surface area contributed by atoms with Crippen molar-refractivity contribution in [2.45, 2.75) is 13.0 Å². The summed E-state index contributed by atoms with van der Waals surface area (Å²) >= 11 is 3.21. The molecule has 0 aromatic carbocycles. The van der Waals surface area contributed by atoms with Crippen molar-refractivity contribution in [1.82, 2.24) is 4.98 Å². The van der Waals surface area contributed by atoms with Crippen molar-refractivity contribution >= 4 is 27.8 Å². The number of hydrogen-bond donors (Lipinski definition) is 1. The van der Waals surface area contributed by atoms with E-state index in [1.807, 2.05) is 5.38 Å². The SMILES string of the molecule is Nc1nc(COCCc2cccs2)cs1. The molecule has 0 saturated carbocycles. The average Bonchev–Trinajstić information content (AvgIpc) is 2.84. The lowest BCUT2D eigenvalue weighted by Crippen LogP contribution is -1.98. The van der Waals surface area contributed by atoms with Gasteiger partial charge in [0.15, 0.2) is 5.13 Å². The maximum absolute atomic E-state index is 5.51. The van der Waals surface area contributed by atoms with E-state index in [1.54, 1.807) is 11.3 Å². The van der Waals surface area contributed by atoms with Gasteiger partial charge in [0, 0.05) is 16.7 Å². The van der Waals surface area contributed by atoms with E-state index >= 15 is 0 Å². The first-order valence-corrected chi connectivity index (χ1v) is 6.40. The van der Waals surface area contributed by atoms with Crippen LogP contribution in [0.2, 0.25) is 0 Å². The molecule has 0 unspecified atom stereocenters. The van der Waals surface area contributed by atoms with Gasteiger partial charge >= 0.3 is 0 Å². The Kier molecular flexibility index (Phi) is 3.71. The lowest BCUT2D eigenvalue weighted by atomic mass is 10.4. The zero-order valence-corrected chi connectivity index (χ0v) is 9.81. The number of aromatic nitrogens is 1. The molecule has 0 fully saturated rings. The predicted octanol–water partition coefficient (Wildman–Crippen LogP) is 2.55. The highest BCUT2D eigenvalue weighted by Gasteiger charge is 1.99. The van der Waals surface area contributed by atoms with E-state index in [1.165, 1.54) is 16.2 Å². The highest BCUT2D eigenvalue weighted by atomic mass is 32.1. The number of nitrogen functional groups attached to an aromatic ring is 1. The van der Waals surface area contributed by atoms with Gasteiger partial charge in [0.05, 0.1) is 18.9 Å². The van der Waals surface area contributed by atoms with Gasteiger partial charge in [-0.3, -0.25) is 0 Å². The minimum atomic E-state index is 0.555. The van der Waals surface area contributed by atoms with Gasteiger partial charge in [0.2, 0.25) is 0 Å². The van der Waals surface area contributed by atoms with Crippen LogP contribution >= 0.6 is 22.7 Å². The number of thiazole rings is 1. The summed E-state index contributed by atoms with van der Waals surface area (Å²) < 4.78 is 5.50. The van der Waals surface area contributed by atoms with Gasteiger partial charge in [-0.15, -0.1) is 22.7 Å². The fourth-order valence-corrected chi connectivity index (χ4v) is 2.43. The first kappa shape index (κ1) is 10.6. The maximum atomic E-state index is 5.51. The number of thiophene rings is 1. The average molecular weight is 240 g/mol. The van der Waals surface area contributed by atoms with Crippen LogP contribution in [0.3, 0.4) is 0 Å². The van der Waals surface area contributed by atoms with Gasteiger partial charge in [-0.2, -0.15) is 0 Å². The molecule has 5 heteroatoms. The number of nitrogens with two attached hydrogens (primary N) is 1. The van der Waals surface area contributed by atoms with Gasteiger partial charge in [0.25, 0.3) is 0 Å². The van der Waals surface area contributed by atoms with Crippen molar-refractivity contribution in [2.24, 2.45) is 0 Å². The Labute approximate surface area is 96.5 Å². The molecule has 0 saturated heterocycles. The smallest absolute Gasteiger partial charge is 0.180 e. The van der Waals surface area contributed by atoms with Crippen LogP contribution < -0.4 is 5.73 Å². The molecule has 0 bridgehead atoms. The highest BCUT2D eigenvalue weighted by Crippen LogP contribution is 2.12. The van der Waals surface area contributed by atoms with Crippen LogP contribution in [0.5, 0.6) is 0 Å². The van der Waals surface area contributed by atoms with Crippen LogP contribution in [0.25, 0.3) is 0 Å². The van der Waals surface area contributed by atoms with E-state index < -0.39 is 0 Å². The van der Waals surface area contributed by atoms with E-state index in [4.69, 9.17) is 10.5 Å². The molecule has 0 spiro atoms. The molecule has 0 aliphatic rings. The summed E-state index contributed by atoms with van der Waals surface area (Å²) in [6.07, 6.45) is 0.970. The molecule has 2 heterocycles. The Hall–Kier alpha value is -0.910. The summed E-state index contributed by atoms with van der Waals surface area (Å²) in [5.41, 5.74) is 6.43. The summed E-state index contributed by atoms with van der Waals surface area (Å²) in [5.74, 6) is 0. The third kappa shape index (κ3) is 3.30. The molecule has 15 heavy (non-hydrogen) atoms. The van der Waals surface area contributed by atoms with E-state index in [9.17, 15) is 0 Å². The molecule has 0 radical (unpaired) electrons. The van der Waals surface area contributed by atoms with Crippen molar-refractivity contribution in [3.05, 3.63) is 33.5 Å². The molecular weight excluding hydrogens is 228 g/mol. The first-order chi connectivity index (χ1) is 7.34. The fraction of sp³-hybridized carbons (Fsp3) is 0.300. The second-order valence-electron chi connectivity index (χ2n) is 3.06. The molecular formula is C10H12N2OS2. The van der Waals surface area contributed by atoms with E-state index in [2.05, 4.69) is 22.5 Å². The zero-order valence-electron chi connectivity index (χ0n) is 8.18. The summed E-state index contributed by atoms with van der Waals surface area (Å²) in [6.45, 7) is 1.29. The van der Waals surface area contributed by atoms with E-state index in [-0.39, 0.29) is 0 Å². The summed E-state index contributed by atoms with van der Waals surface area (Å²) in [4.78, 5) is 5.47. The molecule has 80 valence electrons. The number of ether oxygens (including phenoxy) is 1. The number of hydrogen-bond acceptors (Lipinski definition) is 5. The molecule has 0 aliphatic carbocycles. The van der Waals surface area contributed by atoms with Gasteiger partial charge in [-0.25, -0.2) is 4.98 Å². The Balaban J connectivity index is 1.67. The van der Waals surface area contributed by atoms with Crippen molar-refractivity contribution < 1.29 is 4.74 Å². The standard InChI is InChI=1S/C10H12N2OS2/c11-10-12-8(7-15-10)6-13-4-3-9-2-1-5-14-9/h1-2,5,7H,3-4,6H2,(H2,11,12). The molecule has 0 aliphatic heterocycles. The monoisotopic (exact) mass is 240 g/mol. The van der Waals surface area contributed by atoms with Crippen LogP contribution in [-0.2, 0) is 17.8 Å². The molecule has 2 N–H and O–H groups in total. The predicted molar refractivity (Wildman–Crippen MR) is 64.2 cm³/mol. The second-order valence-corrected chi connectivity index (χ2v) is 4.98. The largest absolute Gasteiger partial charge is 0.375 e. The van der Waals surface area contributed by atoms with Crippen LogP contribution in [0.1, 0.15) is 10.6 Å². The van der Waals surface area contributed by atoms with Gasteiger partial charge in [0.1, 0.15) is 0 Å². The third-order valence-electron chi connectivity index (χ3n) is 1.89. The highest BCUT2D eigenvalue weighted by molar-refractivity contribution is 7.13. The van der Waals surface area contributed by atoms with Gasteiger partial charge < -0.3 is 10.5 Å². The minimum Gasteiger partial charge on any atom is -0.375 e. The molecule has 2 aromatic rings. The number of rotatable bonds is 5. The van der Waals surface area contributed by atoms with Crippen molar-refractivity contribution in [1.29, 1.82) is 0 Å². The van der Waals surface area contributed by atoms with Crippen LogP contribution in [-0.4, -0.2) is 11.6 Å². The Morgan fingerprint density at radius 2 is 2.33 bits per heavy atom. The minimum absolute atomic E-state index is 0.555. The van der Waals surface area contributed by atoms with Gasteiger partial charge in [-0.05, 0) is 11.4 Å². The molecule has 2 rings (SSSR count). The lowest BCUT2D eigenvalue weighted by Gasteiger charge is -1.99. The van der Waals surface area contributed by atoms with E-state index in [0.717, 1.165) is 18.7 Å². The third-order valence-corrected chi connectivity index (χ3v) is 3.55. The van der Waals surface area contributed by atoms with Crippen LogP contribution in [0, 0.1) is 0 Å². The zero-order chi connectivity index (χ0) is 10.5. The Morgan fingerprint density at radius 3 is 3.00 bits per heavy atom. The van der Waals surface area contributed by atoms with Crippen molar-refractivity contribution in [3.8, 4) is 0 Å². The molecule has 2 aromatic heterocycles. The second kappa shape index (κ2) is 5.25. The van der Waals surface area contributed by atoms with E-state index in [0.29, 0.717) is 11.7 Å². The topological polar surface area (TPSA) is 48.1 Å². The maximum Gasteiger partial charge on any atom is 0.180 e. The molecule has 3 nitrogen and oxygen atoms in total. The van der Waals surface area contributed by atoms with Gasteiger partial charge in [-0.1, -0.05) is 6.07 Å². The molecule has 0 amide bonds. The normalized spacial score (nSPS) is 10.7. The van der Waals surface area contributed by atoms with Crippen molar-refractivity contribution in [2.75, 3.05) is 12.3 Å². The lowest BCUT2D eigenvalue weighted by molar-refractivity contribution is 0.122. The Morgan fingerprint density at radius 1 is 1.40 bits per heavy atom. The Bertz CT molecular complexity index is 397. The van der Waals surface area contributed by atoms with Crippen molar-refractivity contribution in [3.63, 3.8) is 0 Å². The number of nitrogens with zero attached hydrogens (tertiary/aromatic N) is 1. The van der Waals surface area contributed by atoms with Crippen LogP contribution in [0.15, 0.2) is 22.9 Å². The first-order valence-electron chi connectivity index (χ1n) is 4.64. The summed E-state index contributed by atoms with van der Waals surface area (Å²) in [7, 11) is 0. The number of anilines is 1. The fourth-order valence-electron chi connectivity index (χ4n) is 1.19. The quantitative estimate of drug-likeness (QED) is 0.817. The summed E-state index contributed by atoms with van der Waals surface area (Å²) in [6, 6.07) is 4.18.